The van der Waals surface area contributed by atoms with Gasteiger partial charge in [-0.25, -0.2) is 0 Å². The molecule has 0 spiro atoms. The predicted molar refractivity (Wildman–Crippen MR) is 116 cm³/mol. The van der Waals surface area contributed by atoms with Gasteiger partial charge in [-0.2, -0.15) is 0 Å². The maximum Gasteiger partial charge on any atom is 0.292 e. The Kier molecular flexibility index (Phi) is 12.9. The third-order valence-electron chi connectivity index (χ3n) is 3.79. The minimum absolute atomic E-state index is 0.345. The first kappa shape index (κ1) is 25.6. The van der Waals surface area contributed by atoms with Crippen LogP contribution in [-0.2, 0) is 21.0 Å². The van der Waals surface area contributed by atoms with Crippen LogP contribution in [0.1, 0.15) is 41.7 Å². The van der Waals surface area contributed by atoms with E-state index in [1.807, 2.05) is 56.3 Å². The van der Waals surface area contributed by atoms with Crippen LogP contribution in [0, 0.1) is 24.7 Å². The Balaban J connectivity index is 0.00000116. The number of aliphatic hydroxyl groups excluding tert-OH is 1. The lowest BCUT2D eigenvalue weighted by Gasteiger charge is -2.11. The summed E-state index contributed by atoms with van der Waals surface area (Å²) >= 11 is 0. The van der Waals surface area contributed by atoms with Crippen molar-refractivity contribution in [2.75, 3.05) is 14.2 Å². The molecule has 0 bridgehead atoms. The van der Waals surface area contributed by atoms with Crippen molar-refractivity contribution >= 4 is 17.9 Å². The van der Waals surface area contributed by atoms with Gasteiger partial charge >= 0.3 is 0 Å². The normalized spacial score (nSPS) is 9.62. The van der Waals surface area contributed by atoms with Crippen molar-refractivity contribution in [3.8, 4) is 12.3 Å². The van der Waals surface area contributed by atoms with E-state index in [0.29, 0.717) is 18.8 Å². The molecule has 2 rings (SSSR count). The summed E-state index contributed by atoms with van der Waals surface area (Å²) < 4.78 is 3.86. The molecule has 2 aromatic rings. The lowest BCUT2D eigenvalue weighted by atomic mass is 10.00. The van der Waals surface area contributed by atoms with E-state index in [4.69, 9.17) is 26.6 Å². The number of hydrogen-bond donors (Lipinski definition) is 2. The molecular weight excluding hydrogens is 368 g/mol. The SMILES string of the molecule is C#Cc1ccc(/C(C)=N/OCc2c(C)cccc2C(C)=N)cc1.CO.COC=O. The van der Waals surface area contributed by atoms with E-state index in [-0.39, 0.29) is 0 Å². The van der Waals surface area contributed by atoms with Crippen LogP contribution in [0.15, 0.2) is 47.6 Å². The number of rotatable bonds is 6. The first-order valence-corrected chi connectivity index (χ1v) is 8.73. The van der Waals surface area contributed by atoms with Gasteiger partial charge in [0.25, 0.3) is 6.47 Å². The summed E-state index contributed by atoms with van der Waals surface area (Å²) in [7, 11) is 2.31. The summed E-state index contributed by atoms with van der Waals surface area (Å²) in [5, 5.41) is 19.0. The molecule has 0 aliphatic rings. The maximum absolute atomic E-state index is 8.95. The molecule has 0 amide bonds. The Morgan fingerprint density at radius 1 is 1.21 bits per heavy atom. The molecule has 0 atom stereocenters. The smallest absolute Gasteiger partial charge is 0.292 e. The third kappa shape index (κ3) is 8.87. The minimum Gasteiger partial charge on any atom is -0.471 e. The van der Waals surface area contributed by atoms with E-state index in [1.165, 1.54) is 7.11 Å². The molecule has 0 aliphatic carbocycles. The Morgan fingerprint density at radius 2 is 1.79 bits per heavy atom. The van der Waals surface area contributed by atoms with Gasteiger partial charge in [0.05, 0.1) is 12.8 Å². The zero-order valence-electron chi connectivity index (χ0n) is 17.5. The van der Waals surface area contributed by atoms with Crippen LogP contribution < -0.4 is 0 Å². The molecule has 0 unspecified atom stereocenters. The summed E-state index contributed by atoms with van der Waals surface area (Å²) in [5.74, 6) is 2.59. The Morgan fingerprint density at radius 3 is 2.28 bits per heavy atom. The van der Waals surface area contributed by atoms with Crippen LogP contribution in [-0.4, -0.2) is 37.2 Å². The summed E-state index contributed by atoms with van der Waals surface area (Å²) in [6, 6.07) is 13.5. The average Bonchev–Trinajstić information content (AvgIpc) is 2.76. The van der Waals surface area contributed by atoms with E-state index in [2.05, 4.69) is 15.8 Å². The second-order valence-corrected chi connectivity index (χ2v) is 5.73. The molecule has 154 valence electrons. The monoisotopic (exact) mass is 396 g/mol. The number of hydrogen-bond acceptors (Lipinski definition) is 6. The average molecular weight is 396 g/mol. The highest BCUT2D eigenvalue weighted by Crippen LogP contribution is 2.16. The summed E-state index contributed by atoms with van der Waals surface area (Å²) in [6.07, 6.45) is 5.35. The third-order valence-corrected chi connectivity index (χ3v) is 3.79. The number of carbonyl (C=O) groups excluding carboxylic acids is 1. The summed E-state index contributed by atoms with van der Waals surface area (Å²) in [5.41, 5.74) is 6.12. The summed E-state index contributed by atoms with van der Waals surface area (Å²) in [4.78, 5) is 14.5. The molecule has 6 heteroatoms. The lowest BCUT2D eigenvalue weighted by molar-refractivity contribution is -0.126. The Labute approximate surface area is 172 Å². The Hall–Kier alpha value is -3.43. The number of terminal acetylenes is 1. The van der Waals surface area contributed by atoms with Crippen molar-refractivity contribution in [1.29, 1.82) is 5.41 Å². The zero-order valence-corrected chi connectivity index (χ0v) is 17.5. The molecule has 0 saturated heterocycles. The van der Waals surface area contributed by atoms with Crippen molar-refractivity contribution in [2.24, 2.45) is 5.16 Å². The van der Waals surface area contributed by atoms with Crippen LogP contribution in [0.25, 0.3) is 0 Å². The summed E-state index contributed by atoms with van der Waals surface area (Å²) in [6.45, 7) is 6.41. The molecule has 29 heavy (non-hydrogen) atoms. The first-order chi connectivity index (χ1) is 13.9. The fraction of sp³-hybridized carbons (Fsp3) is 0.261. The highest BCUT2D eigenvalue weighted by Gasteiger charge is 2.08. The van der Waals surface area contributed by atoms with Gasteiger partial charge in [0.1, 0.15) is 6.61 Å². The molecule has 2 aromatic carbocycles. The molecule has 0 heterocycles. The largest absolute Gasteiger partial charge is 0.471 e. The van der Waals surface area contributed by atoms with Crippen molar-refractivity contribution in [1.82, 2.24) is 0 Å². The van der Waals surface area contributed by atoms with Crippen molar-refractivity contribution in [2.45, 2.75) is 27.4 Å². The predicted octanol–water partition coefficient (Wildman–Crippen LogP) is 3.70. The number of methoxy groups -OCH3 is 1. The number of aryl methyl sites for hydroxylation is 1. The van der Waals surface area contributed by atoms with Crippen LogP contribution in [0.4, 0.5) is 0 Å². The van der Waals surface area contributed by atoms with Gasteiger partial charge < -0.3 is 20.1 Å². The van der Waals surface area contributed by atoms with E-state index >= 15 is 0 Å². The van der Waals surface area contributed by atoms with Crippen molar-refractivity contribution in [3.05, 3.63) is 70.3 Å². The van der Waals surface area contributed by atoms with Crippen molar-refractivity contribution in [3.63, 3.8) is 0 Å². The minimum atomic E-state index is 0.345. The number of nitrogens with zero attached hydrogens (tertiary/aromatic N) is 1. The quantitative estimate of drug-likeness (QED) is 0.337. The number of benzene rings is 2. The number of ether oxygens (including phenoxy) is 1. The zero-order chi connectivity index (χ0) is 22.2. The molecule has 0 radical (unpaired) electrons. The molecule has 0 aromatic heterocycles. The van der Waals surface area contributed by atoms with Gasteiger partial charge in [0.2, 0.25) is 0 Å². The second kappa shape index (κ2) is 14.6. The molecule has 0 fully saturated rings. The standard InChI is InChI=1S/C20H20N2O.C2H4O2.CH4O/c1-5-17-9-11-18(12-10-17)16(4)22-23-13-20-14(2)7-6-8-19(20)15(3)21;1-4-2-3;1-2/h1,6-12,21H,13H2,2-4H3;2H,1H3;2H,1H3/b21-15?,22-16+;;. The molecule has 0 saturated carbocycles. The van der Waals surface area contributed by atoms with E-state index in [1.54, 1.807) is 6.92 Å². The second-order valence-electron chi connectivity index (χ2n) is 5.73. The number of oxime groups is 1. The van der Waals surface area contributed by atoms with Crippen LogP contribution in [0.2, 0.25) is 0 Å². The van der Waals surface area contributed by atoms with Gasteiger partial charge in [0, 0.05) is 29.5 Å². The molecule has 6 nitrogen and oxygen atoms in total. The lowest BCUT2D eigenvalue weighted by Crippen LogP contribution is -2.04. The van der Waals surface area contributed by atoms with Crippen LogP contribution >= 0.6 is 0 Å². The van der Waals surface area contributed by atoms with Crippen LogP contribution in [0.3, 0.4) is 0 Å². The fourth-order valence-corrected chi connectivity index (χ4v) is 2.30. The van der Waals surface area contributed by atoms with Crippen molar-refractivity contribution < 1.29 is 19.5 Å². The van der Waals surface area contributed by atoms with E-state index in [0.717, 1.165) is 40.6 Å². The van der Waals surface area contributed by atoms with E-state index < -0.39 is 0 Å². The number of carbonyl (C=O) groups is 1. The first-order valence-electron chi connectivity index (χ1n) is 8.73. The highest BCUT2D eigenvalue weighted by atomic mass is 16.6. The molecular formula is C23H28N2O4. The molecule has 2 N–H and O–H groups in total. The van der Waals surface area contributed by atoms with Gasteiger partial charge in [0.15, 0.2) is 0 Å². The fourth-order valence-electron chi connectivity index (χ4n) is 2.30. The highest BCUT2D eigenvalue weighted by molar-refractivity contribution is 5.98. The van der Waals surface area contributed by atoms with Gasteiger partial charge in [-0.3, -0.25) is 4.79 Å². The topological polar surface area (TPSA) is 92.0 Å². The Bertz CT molecular complexity index is 850. The number of nitrogens with one attached hydrogen (secondary N) is 1. The maximum atomic E-state index is 8.95. The van der Waals surface area contributed by atoms with Gasteiger partial charge in [-0.15, -0.1) is 6.42 Å². The number of aliphatic hydroxyl groups is 1. The van der Waals surface area contributed by atoms with Gasteiger partial charge in [-0.1, -0.05) is 41.4 Å². The van der Waals surface area contributed by atoms with Gasteiger partial charge in [-0.05, 0) is 44.0 Å². The van der Waals surface area contributed by atoms with Crippen LogP contribution in [0.5, 0.6) is 0 Å². The van der Waals surface area contributed by atoms with E-state index in [9.17, 15) is 0 Å². The molecule has 0 aliphatic heterocycles.